The fourth-order valence-corrected chi connectivity index (χ4v) is 3.15. The molecule has 0 aromatic heterocycles. The lowest BCUT2D eigenvalue weighted by Crippen LogP contribution is -2.38. The molecule has 0 aliphatic heterocycles. The van der Waals surface area contributed by atoms with E-state index in [1.165, 1.54) is 76.6 Å². The van der Waals surface area contributed by atoms with Gasteiger partial charge in [0.2, 0.25) is 0 Å². The second kappa shape index (κ2) is 15.7. The average molecular weight is 601 g/mol. The molecular formula is C31H36O12. The number of carbonyl (C=O) groups is 3. The Labute approximate surface area is 248 Å². The van der Waals surface area contributed by atoms with Crippen LogP contribution in [0.5, 0.6) is 23.0 Å². The highest BCUT2D eigenvalue weighted by Crippen LogP contribution is 2.32. The van der Waals surface area contributed by atoms with Gasteiger partial charge in [-0.1, -0.05) is 24.3 Å². The summed E-state index contributed by atoms with van der Waals surface area (Å²) in [6.45, 7) is 0.258. The topological polar surface area (TPSA) is 189 Å². The van der Waals surface area contributed by atoms with Crippen LogP contribution in [0.2, 0.25) is 0 Å². The van der Waals surface area contributed by atoms with Crippen LogP contribution in [0.25, 0.3) is 12.2 Å². The maximum Gasteiger partial charge on any atom is 0.322 e. The number of carbonyl (C=O) groups excluding carboxylic acids is 3. The molecule has 0 saturated carbocycles. The molecular weight excluding hydrogens is 564 g/mol. The Balaban J connectivity index is 2.11. The van der Waals surface area contributed by atoms with Crippen molar-refractivity contribution in [2.24, 2.45) is 10.8 Å². The molecule has 12 nitrogen and oxygen atoms in total. The third kappa shape index (κ3) is 9.25. The Hall–Kier alpha value is -4.49. The van der Waals surface area contributed by atoms with Crippen LogP contribution in [-0.4, -0.2) is 83.9 Å². The Bertz CT molecular complexity index is 1380. The molecule has 0 spiro atoms. The molecule has 0 aliphatic rings. The molecule has 0 saturated heterocycles. The predicted octanol–water partition coefficient (Wildman–Crippen LogP) is 2.23. The highest BCUT2D eigenvalue weighted by Gasteiger charge is 2.35. The zero-order chi connectivity index (χ0) is 32.2. The van der Waals surface area contributed by atoms with Gasteiger partial charge in [-0.05, 0) is 61.4 Å². The predicted molar refractivity (Wildman–Crippen MR) is 156 cm³/mol. The molecule has 5 N–H and O–H groups in total. The molecule has 0 atom stereocenters. The third-order valence-corrected chi connectivity index (χ3v) is 6.34. The molecule has 2 aromatic rings. The number of benzene rings is 2. The van der Waals surface area contributed by atoms with Crippen LogP contribution in [0.3, 0.4) is 0 Å². The Kier molecular flexibility index (Phi) is 12.6. The zero-order valence-electron chi connectivity index (χ0n) is 24.3. The number of aliphatic hydroxyl groups is 5. The summed E-state index contributed by atoms with van der Waals surface area (Å²) in [5.74, 6) is -2.08. The van der Waals surface area contributed by atoms with Crippen LogP contribution in [-0.2, 0) is 14.4 Å². The summed E-state index contributed by atoms with van der Waals surface area (Å²) < 4.78 is 21.0. The van der Waals surface area contributed by atoms with E-state index in [2.05, 4.69) is 0 Å². The number of methoxy groups -OCH3 is 2. The van der Waals surface area contributed by atoms with Gasteiger partial charge in [-0.2, -0.15) is 0 Å². The number of hydrogen-bond donors (Lipinski definition) is 5. The summed E-state index contributed by atoms with van der Waals surface area (Å²) in [4.78, 5) is 37.0. The van der Waals surface area contributed by atoms with Gasteiger partial charge in [-0.25, -0.2) is 0 Å². The Morgan fingerprint density at radius 3 is 1.44 bits per heavy atom. The van der Waals surface area contributed by atoms with Gasteiger partial charge in [0.15, 0.2) is 28.8 Å². The average Bonchev–Trinajstić information content (AvgIpc) is 3.02. The standard InChI is InChI=1S/C31H36O12/c1-30(16-32,17-33)28(38)42-24-11-7-20(13-26(24)40-3)5-9-22(36)15-23(37)10-6-21-8-12-25(27(14-21)41-4)43-29(39)31(2,18-34)19-35/h5-15,32-36H,16-19H2,1-4H3/b9-5+,10-6+,22-15-. The SMILES string of the molecule is COc1cc(/C=C/C(=O)/C=C(O)/C=C/c2ccc(OC(=O)C(C)(CO)CO)c(OC)c2)ccc1OC(=O)C(C)(CO)CO. The molecule has 0 fully saturated rings. The molecule has 0 aliphatic carbocycles. The van der Waals surface area contributed by atoms with Gasteiger partial charge in [0, 0.05) is 6.08 Å². The molecule has 2 aromatic carbocycles. The number of ether oxygens (including phenoxy) is 4. The minimum absolute atomic E-state index is 0.0587. The lowest BCUT2D eigenvalue weighted by Gasteiger charge is -2.22. The minimum Gasteiger partial charge on any atom is -0.508 e. The third-order valence-electron chi connectivity index (χ3n) is 6.34. The van der Waals surface area contributed by atoms with E-state index in [0.29, 0.717) is 11.1 Å². The number of ketones is 1. The van der Waals surface area contributed by atoms with Crippen molar-refractivity contribution in [2.75, 3.05) is 40.6 Å². The van der Waals surface area contributed by atoms with E-state index in [1.54, 1.807) is 12.1 Å². The molecule has 12 heteroatoms. The van der Waals surface area contributed by atoms with Gasteiger partial charge in [0.1, 0.15) is 16.6 Å². The van der Waals surface area contributed by atoms with Gasteiger partial charge >= 0.3 is 11.9 Å². The van der Waals surface area contributed by atoms with E-state index >= 15 is 0 Å². The van der Waals surface area contributed by atoms with Crippen molar-refractivity contribution >= 4 is 29.9 Å². The summed E-state index contributed by atoms with van der Waals surface area (Å²) >= 11 is 0. The Morgan fingerprint density at radius 2 is 1.07 bits per heavy atom. The number of aliphatic hydroxyl groups excluding tert-OH is 5. The summed E-state index contributed by atoms with van der Waals surface area (Å²) in [7, 11) is 2.72. The zero-order valence-corrected chi connectivity index (χ0v) is 24.3. The van der Waals surface area contributed by atoms with Crippen molar-refractivity contribution in [3.63, 3.8) is 0 Å². The number of rotatable bonds is 15. The van der Waals surface area contributed by atoms with Gasteiger partial charge in [0.25, 0.3) is 0 Å². The molecule has 2 rings (SSSR count). The van der Waals surface area contributed by atoms with Crippen molar-refractivity contribution in [2.45, 2.75) is 13.8 Å². The van der Waals surface area contributed by atoms with Crippen molar-refractivity contribution in [3.8, 4) is 23.0 Å². The number of esters is 2. The summed E-state index contributed by atoms with van der Waals surface area (Å²) in [5.41, 5.74) is -1.92. The largest absolute Gasteiger partial charge is 0.508 e. The maximum absolute atomic E-state index is 12.4. The monoisotopic (exact) mass is 600 g/mol. The van der Waals surface area contributed by atoms with Crippen LogP contribution in [0, 0.1) is 10.8 Å². The molecule has 43 heavy (non-hydrogen) atoms. The van der Waals surface area contributed by atoms with Gasteiger partial charge in [0.05, 0.1) is 40.6 Å². The fraction of sp³-hybridized carbons (Fsp3) is 0.323. The first-order valence-corrected chi connectivity index (χ1v) is 12.9. The van der Waals surface area contributed by atoms with Crippen LogP contribution in [0.15, 0.2) is 60.4 Å². The molecule has 0 heterocycles. The normalized spacial score (nSPS) is 12.4. The van der Waals surface area contributed by atoms with Gasteiger partial charge in [-0.15, -0.1) is 0 Å². The number of allylic oxidation sites excluding steroid dienone is 3. The first-order valence-electron chi connectivity index (χ1n) is 12.9. The van der Waals surface area contributed by atoms with E-state index in [4.69, 9.17) is 18.9 Å². The first-order chi connectivity index (χ1) is 20.4. The van der Waals surface area contributed by atoms with Crippen molar-refractivity contribution in [3.05, 3.63) is 71.5 Å². The van der Waals surface area contributed by atoms with Crippen LogP contribution >= 0.6 is 0 Å². The lowest BCUT2D eigenvalue weighted by molar-refractivity contribution is -0.151. The van der Waals surface area contributed by atoms with Crippen molar-refractivity contribution < 1.29 is 58.9 Å². The van der Waals surface area contributed by atoms with E-state index < -0.39 is 55.0 Å². The summed E-state index contributed by atoms with van der Waals surface area (Å²) in [6, 6.07) is 9.02. The summed E-state index contributed by atoms with van der Waals surface area (Å²) in [6.07, 6.45) is 6.42. The second-order valence-electron chi connectivity index (χ2n) is 9.99. The molecule has 0 bridgehead atoms. The van der Waals surface area contributed by atoms with Gasteiger partial charge in [-0.3, -0.25) is 14.4 Å². The molecule has 0 unspecified atom stereocenters. The van der Waals surface area contributed by atoms with Crippen molar-refractivity contribution in [1.29, 1.82) is 0 Å². The Morgan fingerprint density at radius 1 is 0.674 bits per heavy atom. The highest BCUT2D eigenvalue weighted by molar-refractivity contribution is 6.02. The van der Waals surface area contributed by atoms with Crippen molar-refractivity contribution in [1.82, 2.24) is 0 Å². The molecule has 0 radical (unpaired) electrons. The van der Waals surface area contributed by atoms with Crippen LogP contribution < -0.4 is 18.9 Å². The number of hydrogen-bond acceptors (Lipinski definition) is 12. The maximum atomic E-state index is 12.4. The smallest absolute Gasteiger partial charge is 0.322 e. The quantitative estimate of drug-likeness (QED) is 0.0660. The molecule has 232 valence electrons. The first kappa shape index (κ1) is 34.7. The van der Waals surface area contributed by atoms with E-state index in [9.17, 15) is 39.9 Å². The van der Waals surface area contributed by atoms with Crippen LogP contribution in [0.1, 0.15) is 25.0 Å². The summed E-state index contributed by atoms with van der Waals surface area (Å²) in [5, 5.41) is 47.7. The van der Waals surface area contributed by atoms with E-state index in [1.807, 2.05) is 0 Å². The second-order valence-corrected chi connectivity index (χ2v) is 9.99. The highest BCUT2D eigenvalue weighted by atomic mass is 16.6. The van der Waals surface area contributed by atoms with E-state index in [0.717, 1.165) is 6.08 Å². The minimum atomic E-state index is -1.49. The van der Waals surface area contributed by atoms with E-state index in [-0.39, 0.29) is 28.8 Å². The fourth-order valence-electron chi connectivity index (χ4n) is 3.15. The van der Waals surface area contributed by atoms with Crippen LogP contribution in [0.4, 0.5) is 0 Å². The lowest BCUT2D eigenvalue weighted by atomic mass is 9.93. The van der Waals surface area contributed by atoms with Gasteiger partial charge < -0.3 is 44.5 Å². The molecule has 0 amide bonds.